The molecule has 0 aromatic heterocycles. The van der Waals surface area contributed by atoms with Crippen LogP contribution in [0.5, 0.6) is 5.75 Å². The fourth-order valence-corrected chi connectivity index (χ4v) is 2.22. The first-order valence-corrected chi connectivity index (χ1v) is 5.70. The van der Waals surface area contributed by atoms with E-state index in [1.807, 2.05) is 26.0 Å². The Balaban J connectivity index is 3.26. The zero-order valence-electron chi connectivity index (χ0n) is 8.27. The van der Waals surface area contributed by atoms with Crippen LogP contribution >= 0.6 is 31.9 Å². The molecule has 78 valence electrons. The number of ether oxygens (including phenoxy) is 1. The van der Waals surface area contributed by atoms with Gasteiger partial charge in [0.2, 0.25) is 0 Å². The standard InChI is InChI=1S/C10H12Br2O2/c1-10(2,14-3)6-4-7(11)9(13)8(12)5-6/h4-5,13H,1-3H3. The van der Waals surface area contributed by atoms with Crippen molar-refractivity contribution in [3.8, 4) is 5.75 Å². The van der Waals surface area contributed by atoms with Crippen LogP contribution < -0.4 is 0 Å². The van der Waals surface area contributed by atoms with Gasteiger partial charge in [-0.2, -0.15) is 0 Å². The van der Waals surface area contributed by atoms with Gasteiger partial charge in [0.25, 0.3) is 0 Å². The average Bonchev–Trinajstić information content (AvgIpc) is 2.13. The highest BCUT2D eigenvalue weighted by atomic mass is 79.9. The maximum Gasteiger partial charge on any atom is 0.143 e. The molecule has 0 aliphatic heterocycles. The summed E-state index contributed by atoms with van der Waals surface area (Å²) in [7, 11) is 1.66. The van der Waals surface area contributed by atoms with Gasteiger partial charge in [-0.3, -0.25) is 0 Å². The fourth-order valence-electron chi connectivity index (χ4n) is 1.03. The number of halogens is 2. The maximum absolute atomic E-state index is 9.53. The summed E-state index contributed by atoms with van der Waals surface area (Å²) in [6.07, 6.45) is 0. The Labute approximate surface area is 101 Å². The van der Waals surface area contributed by atoms with E-state index in [9.17, 15) is 5.11 Å². The quantitative estimate of drug-likeness (QED) is 0.897. The second-order valence-electron chi connectivity index (χ2n) is 3.50. The molecule has 0 aliphatic carbocycles. The number of hydrogen-bond acceptors (Lipinski definition) is 2. The number of aromatic hydroxyl groups is 1. The van der Waals surface area contributed by atoms with Crippen molar-refractivity contribution < 1.29 is 9.84 Å². The minimum absolute atomic E-state index is 0.209. The highest BCUT2D eigenvalue weighted by Crippen LogP contribution is 2.37. The smallest absolute Gasteiger partial charge is 0.143 e. The van der Waals surface area contributed by atoms with Gasteiger partial charge in [-0.15, -0.1) is 0 Å². The Kier molecular flexibility index (Phi) is 3.61. The second kappa shape index (κ2) is 4.21. The predicted molar refractivity (Wildman–Crippen MR) is 63.5 cm³/mol. The summed E-state index contributed by atoms with van der Waals surface area (Å²) >= 11 is 6.57. The van der Waals surface area contributed by atoms with Crippen molar-refractivity contribution in [1.82, 2.24) is 0 Å². The molecule has 1 rings (SSSR count). The van der Waals surface area contributed by atoms with Crippen molar-refractivity contribution in [2.24, 2.45) is 0 Å². The molecule has 0 bridgehead atoms. The first-order chi connectivity index (χ1) is 6.38. The van der Waals surface area contributed by atoms with Gasteiger partial charge in [0.05, 0.1) is 14.5 Å². The summed E-state index contributed by atoms with van der Waals surface area (Å²) < 4.78 is 6.67. The molecule has 0 spiro atoms. The number of hydrogen-bond donors (Lipinski definition) is 1. The number of methoxy groups -OCH3 is 1. The van der Waals surface area contributed by atoms with E-state index in [2.05, 4.69) is 31.9 Å². The Morgan fingerprint density at radius 2 is 1.64 bits per heavy atom. The largest absolute Gasteiger partial charge is 0.506 e. The molecule has 0 saturated carbocycles. The van der Waals surface area contributed by atoms with Crippen LogP contribution in [0.2, 0.25) is 0 Å². The molecule has 1 aromatic rings. The molecule has 0 radical (unpaired) electrons. The van der Waals surface area contributed by atoms with Crippen molar-refractivity contribution in [3.05, 3.63) is 26.6 Å². The zero-order valence-corrected chi connectivity index (χ0v) is 11.4. The SMILES string of the molecule is COC(C)(C)c1cc(Br)c(O)c(Br)c1. The third-order valence-electron chi connectivity index (χ3n) is 2.22. The van der Waals surface area contributed by atoms with Crippen molar-refractivity contribution >= 4 is 31.9 Å². The van der Waals surface area contributed by atoms with E-state index >= 15 is 0 Å². The van der Waals surface area contributed by atoms with E-state index in [0.717, 1.165) is 5.56 Å². The highest BCUT2D eigenvalue weighted by molar-refractivity contribution is 9.11. The molecule has 0 aliphatic rings. The van der Waals surface area contributed by atoms with Gasteiger partial charge < -0.3 is 9.84 Å². The molecule has 0 unspecified atom stereocenters. The normalized spacial score (nSPS) is 11.8. The molecular weight excluding hydrogens is 312 g/mol. The van der Waals surface area contributed by atoms with Crippen LogP contribution in [0.15, 0.2) is 21.1 Å². The second-order valence-corrected chi connectivity index (χ2v) is 5.21. The fraction of sp³-hybridized carbons (Fsp3) is 0.400. The van der Waals surface area contributed by atoms with Crippen molar-refractivity contribution in [2.45, 2.75) is 19.4 Å². The molecule has 14 heavy (non-hydrogen) atoms. The monoisotopic (exact) mass is 322 g/mol. The third kappa shape index (κ3) is 2.30. The number of phenolic OH excluding ortho intramolecular Hbond substituents is 1. The van der Waals surface area contributed by atoms with Gasteiger partial charge in [0.15, 0.2) is 0 Å². The average molecular weight is 324 g/mol. The van der Waals surface area contributed by atoms with Crippen LogP contribution in [0.1, 0.15) is 19.4 Å². The van der Waals surface area contributed by atoms with Gasteiger partial charge in [-0.1, -0.05) is 0 Å². The first-order valence-electron chi connectivity index (χ1n) is 4.12. The van der Waals surface area contributed by atoms with Gasteiger partial charge in [-0.05, 0) is 63.4 Å². The lowest BCUT2D eigenvalue weighted by Crippen LogP contribution is -2.19. The van der Waals surface area contributed by atoms with E-state index < -0.39 is 0 Å². The molecule has 1 aromatic carbocycles. The summed E-state index contributed by atoms with van der Waals surface area (Å²) in [6.45, 7) is 3.94. The van der Waals surface area contributed by atoms with E-state index in [0.29, 0.717) is 8.95 Å². The number of rotatable bonds is 2. The van der Waals surface area contributed by atoms with Crippen LogP contribution in [0.25, 0.3) is 0 Å². The Bertz CT molecular complexity index is 325. The minimum Gasteiger partial charge on any atom is -0.506 e. The van der Waals surface area contributed by atoms with E-state index in [4.69, 9.17) is 4.74 Å². The maximum atomic E-state index is 9.53. The molecule has 4 heteroatoms. The molecule has 0 amide bonds. The third-order valence-corrected chi connectivity index (χ3v) is 3.43. The zero-order chi connectivity index (χ0) is 10.9. The van der Waals surface area contributed by atoms with Crippen molar-refractivity contribution in [1.29, 1.82) is 0 Å². The summed E-state index contributed by atoms with van der Waals surface area (Å²) in [5.74, 6) is 0.209. The Hall–Kier alpha value is -0.0600. The lowest BCUT2D eigenvalue weighted by molar-refractivity contribution is 0.0191. The molecule has 2 nitrogen and oxygen atoms in total. The molecule has 1 N–H and O–H groups in total. The van der Waals surface area contributed by atoms with Gasteiger partial charge in [0.1, 0.15) is 5.75 Å². The van der Waals surface area contributed by atoms with Crippen LogP contribution in [0.3, 0.4) is 0 Å². The lowest BCUT2D eigenvalue weighted by Gasteiger charge is -2.24. The summed E-state index contributed by atoms with van der Waals surface area (Å²) in [5, 5.41) is 9.53. The lowest BCUT2D eigenvalue weighted by atomic mass is 9.98. The molecule has 0 fully saturated rings. The van der Waals surface area contributed by atoms with E-state index in [1.165, 1.54) is 0 Å². The number of benzene rings is 1. The van der Waals surface area contributed by atoms with E-state index in [1.54, 1.807) is 7.11 Å². The van der Waals surface area contributed by atoms with Crippen molar-refractivity contribution in [2.75, 3.05) is 7.11 Å². The molecule has 0 atom stereocenters. The molecular formula is C10H12Br2O2. The Morgan fingerprint density at radius 1 is 1.21 bits per heavy atom. The van der Waals surface area contributed by atoms with Gasteiger partial charge >= 0.3 is 0 Å². The number of phenols is 1. The minimum atomic E-state index is -0.362. The summed E-state index contributed by atoms with van der Waals surface area (Å²) in [6, 6.07) is 3.70. The Morgan fingerprint density at radius 3 is 2.00 bits per heavy atom. The molecule has 0 heterocycles. The van der Waals surface area contributed by atoms with Gasteiger partial charge in [-0.25, -0.2) is 0 Å². The van der Waals surface area contributed by atoms with Crippen LogP contribution in [0, 0.1) is 0 Å². The first kappa shape index (κ1) is 12.0. The highest BCUT2D eigenvalue weighted by Gasteiger charge is 2.21. The van der Waals surface area contributed by atoms with Crippen molar-refractivity contribution in [3.63, 3.8) is 0 Å². The van der Waals surface area contributed by atoms with Crippen LogP contribution in [-0.4, -0.2) is 12.2 Å². The van der Waals surface area contributed by atoms with E-state index in [-0.39, 0.29) is 11.4 Å². The van der Waals surface area contributed by atoms with Crippen LogP contribution in [0.4, 0.5) is 0 Å². The molecule has 0 saturated heterocycles. The summed E-state index contributed by atoms with van der Waals surface area (Å²) in [5.41, 5.74) is 0.634. The summed E-state index contributed by atoms with van der Waals surface area (Å²) in [4.78, 5) is 0. The topological polar surface area (TPSA) is 29.5 Å². The predicted octanol–water partition coefficient (Wildman–Crippen LogP) is 3.80. The van der Waals surface area contributed by atoms with Crippen LogP contribution in [-0.2, 0) is 10.3 Å². The van der Waals surface area contributed by atoms with Gasteiger partial charge in [0, 0.05) is 7.11 Å².